The van der Waals surface area contributed by atoms with Gasteiger partial charge in [0.05, 0.1) is 11.6 Å². The zero-order chi connectivity index (χ0) is 16.5. The topological polar surface area (TPSA) is 73.8 Å². The number of rotatable bonds is 3. The minimum atomic E-state index is -0.177. The molecule has 0 bridgehead atoms. The molecule has 0 fully saturated rings. The summed E-state index contributed by atoms with van der Waals surface area (Å²) in [6.45, 7) is 2.13. The van der Waals surface area contributed by atoms with E-state index in [9.17, 15) is 4.79 Å². The van der Waals surface area contributed by atoms with Gasteiger partial charge in [0.1, 0.15) is 6.54 Å². The van der Waals surface area contributed by atoms with Gasteiger partial charge in [-0.25, -0.2) is 4.68 Å². The van der Waals surface area contributed by atoms with E-state index >= 15 is 0 Å². The lowest BCUT2D eigenvalue weighted by Crippen LogP contribution is -2.23. The van der Waals surface area contributed by atoms with E-state index in [1.165, 1.54) is 4.68 Å². The Morgan fingerprint density at radius 3 is 2.75 bits per heavy atom. The van der Waals surface area contributed by atoms with E-state index < -0.39 is 0 Å². The molecule has 4 aromatic rings. The summed E-state index contributed by atoms with van der Waals surface area (Å²) in [7, 11) is 0. The zero-order valence-electron chi connectivity index (χ0n) is 13.0. The Kier molecular flexibility index (Phi) is 3.42. The molecule has 0 N–H and O–H groups in total. The van der Waals surface area contributed by atoms with Crippen LogP contribution in [0.25, 0.3) is 22.2 Å². The van der Waals surface area contributed by atoms with Crippen molar-refractivity contribution in [3.8, 4) is 11.4 Å². The largest absolute Gasteiger partial charge is 0.337 e. The third kappa shape index (κ3) is 2.48. The molecule has 0 aliphatic rings. The molecule has 0 saturated carbocycles. The van der Waals surface area contributed by atoms with Gasteiger partial charge < -0.3 is 4.52 Å². The lowest BCUT2D eigenvalue weighted by atomic mass is 10.1. The predicted molar refractivity (Wildman–Crippen MR) is 89.6 cm³/mol. The highest BCUT2D eigenvalue weighted by atomic mass is 16.5. The lowest BCUT2D eigenvalue weighted by molar-refractivity contribution is 0.363. The first-order valence-corrected chi connectivity index (χ1v) is 7.56. The number of nitrogens with zero attached hydrogens (tertiary/aromatic N) is 4. The van der Waals surface area contributed by atoms with Crippen molar-refractivity contribution < 1.29 is 4.52 Å². The van der Waals surface area contributed by atoms with E-state index in [0.717, 1.165) is 16.5 Å². The number of fused-ring (bicyclic) bond motifs is 1. The van der Waals surface area contributed by atoms with Crippen LogP contribution in [0.3, 0.4) is 0 Å². The van der Waals surface area contributed by atoms with Gasteiger partial charge in [-0.2, -0.15) is 10.1 Å². The molecule has 24 heavy (non-hydrogen) atoms. The van der Waals surface area contributed by atoms with Crippen molar-refractivity contribution in [3.05, 3.63) is 76.5 Å². The van der Waals surface area contributed by atoms with Crippen LogP contribution in [-0.2, 0) is 6.54 Å². The molecule has 118 valence electrons. The number of benzene rings is 2. The molecule has 0 unspecified atom stereocenters. The van der Waals surface area contributed by atoms with E-state index in [1.807, 2.05) is 49.4 Å². The summed E-state index contributed by atoms with van der Waals surface area (Å²) in [5.74, 6) is 0.857. The van der Waals surface area contributed by atoms with Crippen LogP contribution in [0.5, 0.6) is 0 Å². The van der Waals surface area contributed by atoms with Crippen molar-refractivity contribution in [1.82, 2.24) is 19.9 Å². The number of aromatic nitrogens is 4. The maximum Gasteiger partial charge on any atom is 0.275 e. The van der Waals surface area contributed by atoms with Crippen LogP contribution in [-0.4, -0.2) is 19.9 Å². The van der Waals surface area contributed by atoms with Crippen molar-refractivity contribution in [2.75, 3.05) is 0 Å². The van der Waals surface area contributed by atoms with Crippen LogP contribution in [0.2, 0.25) is 0 Å². The second-order valence-corrected chi connectivity index (χ2v) is 5.52. The second-order valence-electron chi connectivity index (χ2n) is 5.52. The van der Waals surface area contributed by atoms with Gasteiger partial charge in [-0.15, -0.1) is 0 Å². The average Bonchev–Trinajstić information content (AvgIpc) is 3.06. The molecular formula is C18H14N4O2. The zero-order valence-corrected chi connectivity index (χ0v) is 13.0. The molecule has 0 saturated heterocycles. The minimum Gasteiger partial charge on any atom is -0.337 e. The van der Waals surface area contributed by atoms with Crippen molar-refractivity contribution in [1.29, 1.82) is 0 Å². The first-order chi connectivity index (χ1) is 11.7. The molecule has 0 atom stereocenters. The summed E-state index contributed by atoms with van der Waals surface area (Å²) in [5.41, 5.74) is 1.79. The molecule has 2 aromatic carbocycles. The molecule has 2 heterocycles. The summed E-state index contributed by atoms with van der Waals surface area (Å²) in [6.07, 6.45) is 1.66. The SMILES string of the molecule is Cc1ccccc1-c1noc(Cn2ncc3ccccc3c2=O)n1. The van der Waals surface area contributed by atoms with Crippen LogP contribution >= 0.6 is 0 Å². The van der Waals surface area contributed by atoms with Crippen molar-refractivity contribution >= 4 is 10.8 Å². The Labute approximate surface area is 137 Å². The summed E-state index contributed by atoms with van der Waals surface area (Å²) in [5, 5.41) is 9.61. The lowest BCUT2D eigenvalue weighted by Gasteiger charge is -2.02. The van der Waals surface area contributed by atoms with Gasteiger partial charge in [-0.05, 0) is 18.6 Å². The van der Waals surface area contributed by atoms with Crippen molar-refractivity contribution in [3.63, 3.8) is 0 Å². The van der Waals surface area contributed by atoms with Crippen molar-refractivity contribution in [2.45, 2.75) is 13.5 Å². The van der Waals surface area contributed by atoms with Gasteiger partial charge in [-0.1, -0.05) is 47.6 Å². The Morgan fingerprint density at radius 2 is 1.88 bits per heavy atom. The van der Waals surface area contributed by atoms with Gasteiger partial charge in [0, 0.05) is 10.9 Å². The Bertz CT molecular complexity index is 1080. The fourth-order valence-corrected chi connectivity index (χ4v) is 2.62. The molecule has 0 radical (unpaired) electrons. The Balaban J connectivity index is 1.69. The molecule has 6 heteroatoms. The van der Waals surface area contributed by atoms with Gasteiger partial charge >= 0.3 is 0 Å². The fourth-order valence-electron chi connectivity index (χ4n) is 2.62. The van der Waals surface area contributed by atoms with Gasteiger partial charge in [0.15, 0.2) is 0 Å². The van der Waals surface area contributed by atoms with Crippen LogP contribution in [0, 0.1) is 6.92 Å². The van der Waals surface area contributed by atoms with E-state index in [2.05, 4.69) is 15.2 Å². The first kappa shape index (κ1) is 14.3. The second kappa shape index (κ2) is 5.73. The monoisotopic (exact) mass is 318 g/mol. The van der Waals surface area contributed by atoms with Crippen LogP contribution in [0.1, 0.15) is 11.5 Å². The third-order valence-corrected chi connectivity index (χ3v) is 3.90. The summed E-state index contributed by atoms with van der Waals surface area (Å²) >= 11 is 0. The normalized spacial score (nSPS) is 11.0. The summed E-state index contributed by atoms with van der Waals surface area (Å²) in [4.78, 5) is 16.9. The predicted octanol–water partition coefficient (Wildman–Crippen LogP) is 2.80. The minimum absolute atomic E-state index is 0.141. The molecular weight excluding hydrogens is 304 g/mol. The third-order valence-electron chi connectivity index (χ3n) is 3.90. The van der Waals surface area contributed by atoms with E-state index in [1.54, 1.807) is 12.3 Å². The molecule has 4 rings (SSSR count). The number of hydrogen-bond acceptors (Lipinski definition) is 5. The van der Waals surface area contributed by atoms with Gasteiger partial charge in [0.25, 0.3) is 5.56 Å². The molecule has 0 aliphatic heterocycles. The maximum atomic E-state index is 12.5. The maximum absolute atomic E-state index is 12.5. The van der Waals surface area contributed by atoms with E-state index in [-0.39, 0.29) is 12.1 Å². The van der Waals surface area contributed by atoms with Gasteiger partial charge in [-0.3, -0.25) is 4.79 Å². The van der Waals surface area contributed by atoms with Gasteiger partial charge in [0.2, 0.25) is 11.7 Å². The van der Waals surface area contributed by atoms with Crippen LogP contribution < -0.4 is 5.56 Å². The Morgan fingerprint density at radius 1 is 1.08 bits per heavy atom. The van der Waals surface area contributed by atoms with Crippen LogP contribution in [0.15, 0.2) is 64.0 Å². The average molecular weight is 318 g/mol. The Hall–Kier alpha value is -3.28. The molecule has 2 aromatic heterocycles. The fraction of sp³-hybridized carbons (Fsp3) is 0.111. The number of hydrogen-bond donors (Lipinski definition) is 0. The number of aryl methyl sites for hydroxylation is 1. The van der Waals surface area contributed by atoms with Crippen molar-refractivity contribution in [2.24, 2.45) is 0 Å². The highest BCUT2D eigenvalue weighted by Gasteiger charge is 2.12. The molecule has 0 aliphatic carbocycles. The van der Waals surface area contributed by atoms with E-state index in [0.29, 0.717) is 17.1 Å². The highest BCUT2D eigenvalue weighted by Crippen LogP contribution is 2.19. The summed E-state index contributed by atoms with van der Waals surface area (Å²) < 4.78 is 6.62. The first-order valence-electron chi connectivity index (χ1n) is 7.56. The highest BCUT2D eigenvalue weighted by molar-refractivity contribution is 5.80. The summed E-state index contributed by atoms with van der Waals surface area (Å²) in [6, 6.07) is 15.1. The molecule has 0 amide bonds. The van der Waals surface area contributed by atoms with E-state index in [4.69, 9.17) is 4.52 Å². The molecule has 6 nitrogen and oxygen atoms in total. The molecule has 0 spiro atoms. The standard InChI is InChI=1S/C18H14N4O2/c1-12-6-2-4-8-14(12)17-20-16(24-21-17)11-22-18(23)15-9-5-3-7-13(15)10-19-22/h2-10H,11H2,1H3. The quantitative estimate of drug-likeness (QED) is 0.581. The smallest absolute Gasteiger partial charge is 0.275 e. The van der Waals surface area contributed by atoms with Crippen LogP contribution in [0.4, 0.5) is 0 Å².